The summed E-state index contributed by atoms with van der Waals surface area (Å²) in [6.45, 7) is 0.671. The second-order valence-electron chi connectivity index (χ2n) is 3.73. The second-order valence-corrected chi connectivity index (χ2v) is 4.65. The Morgan fingerprint density at radius 3 is 2.94 bits per heavy atom. The van der Waals surface area contributed by atoms with E-state index in [0.29, 0.717) is 6.54 Å². The summed E-state index contributed by atoms with van der Waals surface area (Å²) in [4.78, 5) is 15.3. The molecule has 0 fully saturated rings. The van der Waals surface area contributed by atoms with Crippen LogP contribution in [0.2, 0.25) is 0 Å². The lowest BCUT2D eigenvalue weighted by molar-refractivity contribution is 0.859. The van der Waals surface area contributed by atoms with Crippen molar-refractivity contribution in [1.29, 1.82) is 0 Å². The van der Waals surface area contributed by atoms with Crippen molar-refractivity contribution < 1.29 is 0 Å². The summed E-state index contributed by atoms with van der Waals surface area (Å²) < 4.78 is 2.50. The lowest BCUT2D eigenvalue weighted by Crippen LogP contribution is -2.15. The number of aryl methyl sites for hydroxylation is 1. The zero-order valence-electron chi connectivity index (χ0n) is 9.35. The van der Waals surface area contributed by atoms with Gasteiger partial charge in [0.2, 0.25) is 5.56 Å². The summed E-state index contributed by atoms with van der Waals surface area (Å²) in [7, 11) is 1.73. The molecule has 0 aliphatic heterocycles. The summed E-state index contributed by atoms with van der Waals surface area (Å²) in [6.07, 6.45) is 5.32. The van der Waals surface area contributed by atoms with E-state index in [-0.39, 0.29) is 5.56 Å². The molecule has 0 saturated carbocycles. The molecule has 2 aromatic rings. The Morgan fingerprint density at radius 2 is 2.24 bits per heavy atom. The van der Waals surface area contributed by atoms with Crippen LogP contribution in [0.5, 0.6) is 0 Å². The average Bonchev–Trinajstić information content (AvgIpc) is 2.31. The standard InChI is InChI=1S/C12H12BrN3O/c1-16-8-11(2-3-12(16)17)15-6-9-4-10(13)7-14-5-9/h2-5,7-8,15H,6H2,1H3. The minimum atomic E-state index is -0.0142. The van der Waals surface area contributed by atoms with Gasteiger partial charge in [0, 0.05) is 42.7 Å². The number of hydrogen-bond donors (Lipinski definition) is 1. The molecule has 0 amide bonds. The molecule has 0 atom stereocenters. The first-order valence-corrected chi connectivity index (χ1v) is 5.94. The normalized spacial score (nSPS) is 10.2. The first-order valence-electron chi connectivity index (χ1n) is 5.15. The van der Waals surface area contributed by atoms with E-state index in [1.807, 2.05) is 6.07 Å². The van der Waals surface area contributed by atoms with Crippen LogP contribution in [0.25, 0.3) is 0 Å². The Bertz CT molecular complexity index is 580. The van der Waals surface area contributed by atoms with Crippen LogP contribution in [0.15, 0.2) is 46.1 Å². The van der Waals surface area contributed by atoms with Gasteiger partial charge in [-0.2, -0.15) is 0 Å². The first-order chi connectivity index (χ1) is 8.15. The third kappa shape index (κ3) is 3.17. The van der Waals surface area contributed by atoms with E-state index in [1.54, 1.807) is 42.3 Å². The summed E-state index contributed by atoms with van der Waals surface area (Å²) in [5.41, 5.74) is 1.97. The van der Waals surface area contributed by atoms with Crippen LogP contribution < -0.4 is 10.9 Å². The van der Waals surface area contributed by atoms with Crippen LogP contribution in [0.4, 0.5) is 5.69 Å². The van der Waals surface area contributed by atoms with Gasteiger partial charge in [-0.1, -0.05) is 0 Å². The summed E-state index contributed by atoms with van der Waals surface area (Å²) in [5.74, 6) is 0. The van der Waals surface area contributed by atoms with Gasteiger partial charge < -0.3 is 9.88 Å². The van der Waals surface area contributed by atoms with Gasteiger partial charge in [-0.05, 0) is 33.6 Å². The predicted octanol–water partition coefficient (Wildman–Crippen LogP) is 2.15. The number of rotatable bonds is 3. The molecule has 0 radical (unpaired) electrons. The van der Waals surface area contributed by atoms with E-state index < -0.39 is 0 Å². The minimum Gasteiger partial charge on any atom is -0.380 e. The topological polar surface area (TPSA) is 46.9 Å². The van der Waals surface area contributed by atoms with Crippen molar-refractivity contribution >= 4 is 21.6 Å². The molecule has 0 aliphatic carbocycles. The average molecular weight is 294 g/mol. The molecule has 17 heavy (non-hydrogen) atoms. The molecule has 0 aromatic carbocycles. The molecule has 4 nitrogen and oxygen atoms in total. The molecular formula is C12H12BrN3O. The molecule has 2 heterocycles. The van der Waals surface area contributed by atoms with Gasteiger partial charge in [0.15, 0.2) is 0 Å². The van der Waals surface area contributed by atoms with Crippen LogP contribution in [-0.2, 0) is 13.6 Å². The molecule has 88 valence electrons. The SMILES string of the molecule is Cn1cc(NCc2cncc(Br)c2)ccc1=O. The van der Waals surface area contributed by atoms with Gasteiger partial charge >= 0.3 is 0 Å². The molecule has 1 N–H and O–H groups in total. The third-order valence-electron chi connectivity index (χ3n) is 2.34. The van der Waals surface area contributed by atoms with Gasteiger partial charge in [0.1, 0.15) is 0 Å². The summed E-state index contributed by atoms with van der Waals surface area (Å²) >= 11 is 3.37. The second kappa shape index (κ2) is 5.14. The number of hydrogen-bond acceptors (Lipinski definition) is 3. The quantitative estimate of drug-likeness (QED) is 0.943. The maximum atomic E-state index is 11.2. The van der Waals surface area contributed by atoms with Crippen molar-refractivity contribution in [1.82, 2.24) is 9.55 Å². The third-order valence-corrected chi connectivity index (χ3v) is 2.78. The summed E-state index contributed by atoms with van der Waals surface area (Å²) in [5, 5.41) is 3.24. The monoisotopic (exact) mass is 293 g/mol. The van der Waals surface area contributed by atoms with Crippen molar-refractivity contribution in [2.24, 2.45) is 7.05 Å². The molecule has 0 aliphatic rings. The van der Waals surface area contributed by atoms with Crippen molar-refractivity contribution in [2.45, 2.75) is 6.54 Å². The predicted molar refractivity (Wildman–Crippen MR) is 70.9 cm³/mol. The van der Waals surface area contributed by atoms with Crippen LogP contribution in [0.1, 0.15) is 5.56 Å². The maximum Gasteiger partial charge on any atom is 0.250 e. The van der Waals surface area contributed by atoms with Crippen LogP contribution >= 0.6 is 15.9 Å². The Labute approximate surface area is 107 Å². The van der Waals surface area contributed by atoms with Gasteiger partial charge in [-0.25, -0.2) is 0 Å². The van der Waals surface area contributed by atoms with Crippen molar-refractivity contribution in [3.63, 3.8) is 0 Å². The molecule has 2 rings (SSSR count). The summed E-state index contributed by atoms with van der Waals surface area (Å²) in [6, 6.07) is 5.32. The van der Waals surface area contributed by atoms with Gasteiger partial charge in [0.05, 0.1) is 5.69 Å². The number of nitrogens with zero attached hydrogens (tertiary/aromatic N) is 2. The number of pyridine rings is 2. The Morgan fingerprint density at radius 1 is 1.41 bits per heavy atom. The van der Waals surface area contributed by atoms with Gasteiger partial charge in [-0.15, -0.1) is 0 Å². The molecule has 0 saturated heterocycles. The number of halogens is 1. The number of nitrogens with one attached hydrogen (secondary N) is 1. The van der Waals surface area contributed by atoms with E-state index in [9.17, 15) is 4.79 Å². The Hall–Kier alpha value is -1.62. The zero-order valence-corrected chi connectivity index (χ0v) is 10.9. The minimum absolute atomic E-state index is 0.0142. The molecule has 0 spiro atoms. The molecular weight excluding hydrogens is 282 g/mol. The fraction of sp³-hybridized carbons (Fsp3) is 0.167. The Balaban J connectivity index is 2.07. The van der Waals surface area contributed by atoms with Crippen LogP contribution in [0.3, 0.4) is 0 Å². The number of anilines is 1. The molecule has 2 aromatic heterocycles. The number of aromatic nitrogens is 2. The highest BCUT2D eigenvalue weighted by Crippen LogP contribution is 2.11. The smallest absolute Gasteiger partial charge is 0.250 e. The lowest BCUT2D eigenvalue weighted by atomic mass is 10.3. The van der Waals surface area contributed by atoms with Crippen LogP contribution in [-0.4, -0.2) is 9.55 Å². The lowest BCUT2D eigenvalue weighted by Gasteiger charge is -2.07. The van der Waals surface area contributed by atoms with E-state index in [1.165, 1.54) is 0 Å². The highest BCUT2D eigenvalue weighted by atomic mass is 79.9. The molecule has 0 unspecified atom stereocenters. The fourth-order valence-corrected chi connectivity index (χ4v) is 1.87. The van der Waals surface area contributed by atoms with E-state index in [2.05, 4.69) is 26.2 Å². The highest BCUT2D eigenvalue weighted by Gasteiger charge is 1.97. The van der Waals surface area contributed by atoms with Crippen LogP contribution in [0, 0.1) is 0 Å². The van der Waals surface area contributed by atoms with E-state index in [0.717, 1.165) is 15.7 Å². The fourth-order valence-electron chi connectivity index (χ4n) is 1.46. The van der Waals surface area contributed by atoms with Gasteiger partial charge in [0.25, 0.3) is 0 Å². The first kappa shape index (κ1) is 11.9. The van der Waals surface area contributed by atoms with E-state index >= 15 is 0 Å². The van der Waals surface area contributed by atoms with Crippen molar-refractivity contribution in [3.05, 3.63) is 57.2 Å². The highest BCUT2D eigenvalue weighted by molar-refractivity contribution is 9.10. The largest absolute Gasteiger partial charge is 0.380 e. The van der Waals surface area contributed by atoms with Crippen molar-refractivity contribution in [2.75, 3.05) is 5.32 Å². The van der Waals surface area contributed by atoms with E-state index in [4.69, 9.17) is 0 Å². The van der Waals surface area contributed by atoms with Gasteiger partial charge in [-0.3, -0.25) is 9.78 Å². The molecule has 0 bridgehead atoms. The maximum absolute atomic E-state index is 11.2. The Kier molecular flexibility index (Phi) is 3.58. The van der Waals surface area contributed by atoms with Crippen molar-refractivity contribution in [3.8, 4) is 0 Å². The zero-order chi connectivity index (χ0) is 12.3. The molecule has 5 heteroatoms.